The Labute approximate surface area is 150 Å². The number of carbonyl (C=O) groups excluding carboxylic acids is 2. The molecule has 1 heterocycles. The van der Waals surface area contributed by atoms with Crippen LogP contribution in [0, 0.1) is 0 Å². The molecule has 7 heteroatoms. The van der Waals surface area contributed by atoms with Crippen LogP contribution in [0.2, 0.25) is 0 Å². The summed E-state index contributed by atoms with van der Waals surface area (Å²) in [4.78, 5) is 24.2. The van der Waals surface area contributed by atoms with Gasteiger partial charge in [0.25, 0.3) is 5.91 Å². The minimum absolute atomic E-state index is 0.279. The first kappa shape index (κ1) is 17.6. The lowest BCUT2D eigenvalue weighted by molar-refractivity contribution is -0.119. The zero-order valence-electron chi connectivity index (χ0n) is 14.3. The Hall–Kier alpha value is -3.22. The van der Waals surface area contributed by atoms with Crippen molar-refractivity contribution in [3.63, 3.8) is 0 Å². The van der Waals surface area contributed by atoms with E-state index in [2.05, 4.69) is 5.32 Å². The van der Waals surface area contributed by atoms with E-state index in [0.29, 0.717) is 42.8 Å². The fraction of sp³-hybridized carbons (Fsp3) is 0.263. The summed E-state index contributed by atoms with van der Waals surface area (Å²) in [6.07, 6.45) is 0. The summed E-state index contributed by atoms with van der Waals surface area (Å²) in [6, 6.07) is 11.8. The standard InChI is InChI=1S/C19H19NO6/c1-2-23-15-6-4-3-5-14(15)19(22)26-12-18(21)20-13-7-8-16-17(11-13)25-10-9-24-16/h3-8,11H,2,9-10,12H2,1H3,(H,20,21). The maximum atomic E-state index is 12.2. The van der Waals surface area contributed by atoms with Crippen LogP contribution in [0.4, 0.5) is 5.69 Å². The minimum atomic E-state index is -0.619. The highest BCUT2D eigenvalue weighted by Crippen LogP contribution is 2.32. The molecule has 2 aromatic carbocycles. The number of amides is 1. The molecule has 1 amide bonds. The van der Waals surface area contributed by atoms with Crippen LogP contribution in [0.5, 0.6) is 17.2 Å². The number of benzene rings is 2. The number of carbonyl (C=O) groups is 2. The van der Waals surface area contributed by atoms with Crippen LogP contribution in [0.1, 0.15) is 17.3 Å². The summed E-state index contributed by atoms with van der Waals surface area (Å²) in [6.45, 7) is 2.80. The number of rotatable bonds is 6. The fourth-order valence-electron chi connectivity index (χ4n) is 2.44. The Morgan fingerprint density at radius 2 is 1.85 bits per heavy atom. The zero-order chi connectivity index (χ0) is 18.4. The van der Waals surface area contributed by atoms with Crippen molar-refractivity contribution in [3.05, 3.63) is 48.0 Å². The maximum absolute atomic E-state index is 12.2. The first-order valence-electron chi connectivity index (χ1n) is 8.26. The highest BCUT2D eigenvalue weighted by molar-refractivity contribution is 5.96. The molecule has 26 heavy (non-hydrogen) atoms. The maximum Gasteiger partial charge on any atom is 0.342 e. The van der Waals surface area contributed by atoms with E-state index in [0.717, 1.165) is 0 Å². The van der Waals surface area contributed by atoms with Gasteiger partial charge in [-0.15, -0.1) is 0 Å². The van der Waals surface area contributed by atoms with Crippen molar-refractivity contribution in [1.82, 2.24) is 0 Å². The van der Waals surface area contributed by atoms with Gasteiger partial charge in [0.2, 0.25) is 0 Å². The molecule has 0 atom stereocenters. The summed E-state index contributed by atoms with van der Waals surface area (Å²) in [5.41, 5.74) is 0.812. The van der Waals surface area contributed by atoms with Crippen LogP contribution >= 0.6 is 0 Å². The van der Waals surface area contributed by atoms with E-state index in [1.165, 1.54) is 0 Å². The SMILES string of the molecule is CCOc1ccccc1C(=O)OCC(=O)Nc1ccc2c(c1)OCCO2. The summed E-state index contributed by atoms with van der Waals surface area (Å²) in [5.74, 6) is 0.549. The lowest BCUT2D eigenvalue weighted by Crippen LogP contribution is -2.21. The number of anilines is 1. The normalized spacial score (nSPS) is 12.2. The van der Waals surface area contributed by atoms with Crippen LogP contribution in [-0.2, 0) is 9.53 Å². The Kier molecular flexibility index (Phi) is 5.58. The Bertz CT molecular complexity index is 804. The minimum Gasteiger partial charge on any atom is -0.493 e. The lowest BCUT2D eigenvalue weighted by atomic mass is 10.2. The number of fused-ring (bicyclic) bond motifs is 1. The number of hydrogen-bond acceptors (Lipinski definition) is 6. The van der Waals surface area contributed by atoms with Crippen LogP contribution < -0.4 is 19.5 Å². The second-order valence-electron chi connectivity index (χ2n) is 5.41. The molecule has 0 unspecified atom stereocenters. The predicted molar refractivity (Wildman–Crippen MR) is 94.0 cm³/mol. The van der Waals surface area contributed by atoms with Gasteiger partial charge in [0.15, 0.2) is 18.1 Å². The molecular formula is C19H19NO6. The molecule has 7 nitrogen and oxygen atoms in total. The van der Waals surface area contributed by atoms with Gasteiger partial charge in [-0.3, -0.25) is 4.79 Å². The molecule has 1 aliphatic heterocycles. The monoisotopic (exact) mass is 357 g/mol. The molecule has 0 radical (unpaired) electrons. The smallest absolute Gasteiger partial charge is 0.342 e. The van der Waals surface area contributed by atoms with Gasteiger partial charge in [-0.1, -0.05) is 12.1 Å². The molecular weight excluding hydrogens is 338 g/mol. The summed E-state index contributed by atoms with van der Waals surface area (Å²) in [5, 5.41) is 2.66. The average molecular weight is 357 g/mol. The van der Waals surface area contributed by atoms with Crippen molar-refractivity contribution < 1.29 is 28.5 Å². The topological polar surface area (TPSA) is 83.1 Å². The van der Waals surface area contributed by atoms with Crippen molar-refractivity contribution in [2.24, 2.45) is 0 Å². The van der Waals surface area contributed by atoms with E-state index < -0.39 is 18.5 Å². The molecule has 0 fully saturated rings. The average Bonchev–Trinajstić information content (AvgIpc) is 2.67. The molecule has 0 aliphatic carbocycles. The van der Waals surface area contributed by atoms with Crippen LogP contribution in [-0.4, -0.2) is 38.3 Å². The van der Waals surface area contributed by atoms with E-state index in [9.17, 15) is 9.59 Å². The predicted octanol–water partition coefficient (Wildman–Crippen LogP) is 2.65. The summed E-state index contributed by atoms with van der Waals surface area (Å²) < 4.78 is 21.3. The van der Waals surface area contributed by atoms with E-state index >= 15 is 0 Å². The third-order valence-corrected chi connectivity index (χ3v) is 3.57. The van der Waals surface area contributed by atoms with Crippen molar-refractivity contribution in [2.75, 3.05) is 31.7 Å². The van der Waals surface area contributed by atoms with Crippen LogP contribution in [0.3, 0.4) is 0 Å². The Morgan fingerprint density at radius 3 is 2.65 bits per heavy atom. The quantitative estimate of drug-likeness (QED) is 0.801. The van der Waals surface area contributed by atoms with Crippen LogP contribution in [0.15, 0.2) is 42.5 Å². The van der Waals surface area contributed by atoms with Gasteiger partial charge in [0, 0.05) is 11.8 Å². The number of nitrogens with one attached hydrogen (secondary N) is 1. The first-order valence-corrected chi connectivity index (χ1v) is 8.26. The fourth-order valence-corrected chi connectivity index (χ4v) is 2.44. The molecule has 0 bridgehead atoms. The number of hydrogen-bond donors (Lipinski definition) is 1. The molecule has 0 spiro atoms. The first-order chi connectivity index (χ1) is 12.7. The van der Waals surface area contributed by atoms with Crippen molar-refractivity contribution in [1.29, 1.82) is 0 Å². The van der Waals surface area contributed by atoms with Gasteiger partial charge >= 0.3 is 5.97 Å². The summed E-state index contributed by atoms with van der Waals surface area (Å²) >= 11 is 0. The Morgan fingerprint density at radius 1 is 1.08 bits per heavy atom. The van der Waals surface area contributed by atoms with Gasteiger partial charge in [-0.25, -0.2) is 4.79 Å². The number of para-hydroxylation sites is 1. The van der Waals surface area contributed by atoms with Crippen LogP contribution in [0.25, 0.3) is 0 Å². The molecule has 3 rings (SSSR count). The van der Waals surface area contributed by atoms with Gasteiger partial charge in [-0.2, -0.15) is 0 Å². The Balaban J connectivity index is 1.56. The summed E-state index contributed by atoms with van der Waals surface area (Å²) in [7, 11) is 0. The molecule has 0 aromatic heterocycles. The molecule has 2 aromatic rings. The molecule has 0 saturated carbocycles. The van der Waals surface area contributed by atoms with Crippen molar-refractivity contribution in [3.8, 4) is 17.2 Å². The molecule has 1 N–H and O–H groups in total. The number of ether oxygens (including phenoxy) is 4. The molecule has 0 saturated heterocycles. The van der Waals surface area contributed by atoms with Gasteiger partial charge in [0.1, 0.15) is 24.5 Å². The van der Waals surface area contributed by atoms with E-state index in [4.69, 9.17) is 18.9 Å². The van der Waals surface area contributed by atoms with Gasteiger partial charge in [0.05, 0.1) is 6.61 Å². The zero-order valence-corrected chi connectivity index (χ0v) is 14.3. The highest BCUT2D eigenvalue weighted by Gasteiger charge is 2.16. The van der Waals surface area contributed by atoms with Crippen molar-refractivity contribution in [2.45, 2.75) is 6.92 Å². The second-order valence-corrected chi connectivity index (χ2v) is 5.41. The highest BCUT2D eigenvalue weighted by atomic mass is 16.6. The molecule has 1 aliphatic rings. The van der Waals surface area contributed by atoms with E-state index in [1.807, 2.05) is 6.92 Å². The van der Waals surface area contributed by atoms with Gasteiger partial charge < -0.3 is 24.3 Å². The van der Waals surface area contributed by atoms with Crippen molar-refractivity contribution >= 4 is 17.6 Å². The van der Waals surface area contributed by atoms with E-state index in [1.54, 1.807) is 42.5 Å². The third-order valence-electron chi connectivity index (χ3n) is 3.57. The second kappa shape index (κ2) is 8.24. The third kappa shape index (κ3) is 4.24. The number of esters is 1. The largest absolute Gasteiger partial charge is 0.493 e. The molecule has 136 valence electrons. The van der Waals surface area contributed by atoms with E-state index in [-0.39, 0.29) is 5.56 Å². The lowest BCUT2D eigenvalue weighted by Gasteiger charge is -2.19. The van der Waals surface area contributed by atoms with Gasteiger partial charge in [-0.05, 0) is 31.2 Å².